The summed E-state index contributed by atoms with van der Waals surface area (Å²) in [7, 11) is 1.79. The number of rotatable bonds is 3. The SMILES string of the molecule is C[C@H](c1cc2ccccc2o1)N(C)C(=O)[C@H]1CS[C@@]2(C)CCC(=O)N12. The Kier molecular flexibility index (Phi) is 3.83. The van der Waals surface area contributed by atoms with Gasteiger partial charge < -0.3 is 14.2 Å². The smallest absolute Gasteiger partial charge is 0.246 e. The second kappa shape index (κ2) is 5.80. The lowest BCUT2D eigenvalue weighted by molar-refractivity contribution is -0.144. The molecule has 0 bridgehead atoms. The monoisotopic (exact) mass is 358 g/mol. The van der Waals surface area contributed by atoms with Crippen molar-refractivity contribution in [2.45, 2.75) is 43.6 Å². The fraction of sp³-hybridized carbons (Fsp3) is 0.474. The van der Waals surface area contributed by atoms with Crippen molar-refractivity contribution in [3.63, 3.8) is 0 Å². The van der Waals surface area contributed by atoms with Gasteiger partial charge in [0.2, 0.25) is 11.8 Å². The number of amides is 2. The number of nitrogens with zero attached hydrogens (tertiary/aromatic N) is 2. The zero-order valence-electron chi connectivity index (χ0n) is 14.7. The van der Waals surface area contributed by atoms with Gasteiger partial charge in [0.1, 0.15) is 17.4 Å². The van der Waals surface area contributed by atoms with E-state index in [1.54, 1.807) is 23.7 Å². The maximum Gasteiger partial charge on any atom is 0.246 e. The van der Waals surface area contributed by atoms with E-state index in [0.29, 0.717) is 12.2 Å². The van der Waals surface area contributed by atoms with Gasteiger partial charge in [0.25, 0.3) is 0 Å². The van der Waals surface area contributed by atoms with Crippen molar-refractivity contribution < 1.29 is 14.0 Å². The zero-order valence-corrected chi connectivity index (χ0v) is 15.5. The number of para-hydroxylation sites is 1. The molecule has 5 nitrogen and oxygen atoms in total. The van der Waals surface area contributed by atoms with Gasteiger partial charge in [0.05, 0.1) is 10.9 Å². The lowest BCUT2D eigenvalue weighted by atomic mass is 10.1. The molecule has 3 atom stereocenters. The number of hydrogen-bond donors (Lipinski definition) is 0. The van der Waals surface area contributed by atoms with Crippen molar-refractivity contribution in [1.82, 2.24) is 9.80 Å². The van der Waals surface area contributed by atoms with Crippen molar-refractivity contribution in [3.8, 4) is 0 Å². The fourth-order valence-corrected chi connectivity index (χ4v) is 5.25. The highest BCUT2D eigenvalue weighted by Crippen LogP contribution is 2.47. The fourth-order valence-electron chi connectivity index (χ4n) is 3.83. The number of hydrogen-bond acceptors (Lipinski definition) is 4. The number of carbonyl (C=O) groups is 2. The topological polar surface area (TPSA) is 53.8 Å². The molecule has 3 heterocycles. The van der Waals surface area contributed by atoms with Crippen molar-refractivity contribution in [3.05, 3.63) is 36.1 Å². The van der Waals surface area contributed by atoms with Crippen molar-refractivity contribution in [2.75, 3.05) is 12.8 Å². The predicted molar refractivity (Wildman–Crippen MR) is 98.1 cm³/mol. The molecule has 0 radical (unpaired) electrons. The Hall–Kier alpha value is -1.95. The summed E-state index contributed by atoms with van der Waals surface area (Å²) in [5.74, 6) is 1.51. The first-order chi connectivity index (χ1) is 11.9. The Morgan fingerprint density at radius 3 is 2.96 bits per heavy atom. The van der Waals surface area contributed by atoms with Gasteiger partial charge in [-0.05, 0) is 32.4 Å². The molecule has 1 aromatic heterocycles. The summed E-state index contributed by atoms with van der Waals surface area (Å²) < 4.78 is 5.91. The maximum absolute atomic E-state index is 13.1. The average Bonchev–Trinajstić information content (AvgIpc) is 3.26. The molecule has 2 aromatic rings. The Balaban J connectivity index is 1.56. The summed E-state index contributed by atoms with van der Waals surface area (Å²) in [6.07, 6.45) is 1.36. The molecule has 132 valence electrons. The molecule has 25 heavy (non-hydrogen) atoms. The Bertz CT molecular complexity index is 815. The van der Waals surface area contributed by atoms with Gasteiger partial charge in [0, 0.05) is 24.6 Å². The number of likely N-dealkylation sites (N-methyl/N-ethyl adjacent to an activating group) is 1. The van der Waals surface area contributed by atoms with E-state index in [1.165, 1.54) is 0 Å². The Morgan fingerprint density at radius 2 is 2.20 bits per heavy atom. The molecule has 2 aliphatic rings. The maximum atomic E-state index is 13.1. The number of thioether (sulfide) groups is 1. The quantitative estimate of drug-likeness (QED) is 0.844. The van der Waals surface area contributed by atoms with Gasteiger partial charge >= 0.3 is 0 Å². The van der Waals surface area contributed by atoms with E-state index < -0.39 is 0 Å². The van der Waals surface area contributed by atoms with Crippen LogP contribution in [0.15, 0.2) is 34.7 Å². The number of benzene rings is 1. The summed E-state index contributed by atoms with van der Waals surface area (Å²) in [6, 6.07) is 9.25. The van der Waals surface area contributed by atoms with Crippen LogP contribution in [0.25, 0.3) is 11.0 Å². The van der Waals surface area contributed by atoms with Gasteiger partial charge in [-0.1, -0.05) is 18.2 Å². The standard InChI is InChI=1S/C19H22N2O3S/c1-12(16-10-13-6-4-5-7-15(13)24-16)20(3)18(23)14-11-25-19(2)9-8-17(22)21(14)19/h4-7,10,12,14H,8-9,11H2,1-3H3/t12-,14-,19+/m1/s1. The molecule has 0 unspecified atom stereocenters. The second-order valence-electron chi connectivity index (χ2n) is 7.08. The zero-order chi connectivity index (χ0) is 17.8. The molecule has 0 saturated carbocycles. The highest BCUT2D eigenvalue weighted by molar-refractivity contribution is 8.01. The Labute approximate surface area is 151 Å². The van der Waals surface area contributed by atoms with Crippen molar-refractivity contribution in [2.24, 2.45) is 0 Å². The summed E-state index contributed by atoms with van der Waals surface area (Å²) >= 11 is 1.72. The predicted octanol–water partition coefficient (Wildman–Crippen LogP) is 3.41. The molecule has 4 rings (SSSR count). The summed E-state index contributed by atoms with van der Waals surface area (Å²) in [5.41, 5.74) is 0.823. The third-order valence-electron chi connectivity index (χ3n) is 5.51. The van der Waals surface area contributed by atoms with E-state index >= 15 is 0 Å². The molecule has 2 saturated heterocycles. The summed E-state index contributed by atoms with van der Waals surface area (Å²) in [6.45, 7) is 4.03. The van der Waals surface area contributed by atoms with Crippen LogP contribution in [0.1, 0.15) is 38.5 Å². The van der Waals surface area contributed by atoms with Crippen LogP contribution >= 0.6 is 11.8 Å². The normalized spacial score (nSPS) is 26.9. The summed E-state index contributed by atoms with van der Waals surface area (Å²) in [4.78, 5) is 28.7. The Morgan fingerprint density at radius 1 is 1.44 bits per heavy atom. The molecule has 2 aliphatic heterocycles. The lowest BCUT2D eigenvalue weighted by Gasteiger charge is -2.33. The van der Waals surface area contributed by atoms with Crippen LogP contribution in [-0.4, -0.2) is 45.3 Å². The van der Waals surface area contributed by atoms with Crippen LogP contribution in [0, 0.1) is 0 Å². The van der Waals surface area contributed by atoms with Gasteiger partial charge in [-0.15, -0.1) is 11.8 Å². The molecule has 1 aromatic carbocycles. The van der Waals surface area contributed by atoms with E-state index in [9.17, 15) is 9.59 Å². The van der Waals surface area contributed by atoms with Crippen molar-refractivity contribution in [1.29, 1.82) is 0 Å². The first kappa shape index (κ1) is 16.5. The molecule has 0 N–H and O–H groups in total. The van der Waals surface area contributed by atoms with Gasteiger partial charge in [0.15, 0.2) is 0 Å². The lowest BCUT2D eigenvalue weighted by Crippen LogP contribution is -2.50. The van der Waals surface area contributed by atoms with E-state index in [-0.39, 0.29) is 28.8 Å². The first-order valence-electron chi connectivity index (χ1n) is 8.62. The minimum atomic E-state index is -0.373. The molecule has 0 spiro atoms. The van der Waals surface area contributed by atoms with Crippen LogP contribution in [0.5, 0.6) is 0 Å². The highest BCUT2D eigenvalue weighted by Gasteiger charge is 2.53. The third kappa shape index (κ3) is 2.54. The molecule has 0 aliphatic carbocycles. The molecule has 6 heteroatoms. The van der Waals surface area contributed by atoms with Gasteiger partial charge in [-0.3, -0.25) is 9.59 Å². The molecular formula is C19H22N2O3S. The molecule has 2 amide bonds. The van der Waals surface area contributed by atoms with Crippen LogP contribution in [-0.2, 0) is 9.59 Å². The largest absolute Gasteiger partial charge is 0.459 e. The van der Waals surface area contributed by atoms with Crippen LogP contribution < -0.4 is 0 Å². The third-order valence-corrected chi connectivity index (χ3v) is 7.02. The van der Waals surface area contributed by atoms with E-state index in [0.717, 1.165) is 23.2 Å². The van der Waals surface area contributed by atoms with E-state index in [1.807, 2.05) is 42.2 Å². The van der Waals surface area contributed by atoms with Gasteiger partial charge in [-0.25, -0.2) is 0 Å². The minimum absolute atomic E-state index is 0.0144. The first-order valence-corrected chi connectivity index (χ1v) is 9.60. The van der Waals surface area contributed by atoms with E-state index in [2.05, 4.69) is 6.92 Å². The van der Waals surface area contributed by atoms with E-state index in [4.69, 9.17) is 4.42 Å². The second-order valence-corrected chi connectivity index (χ2v) is 8.58. The number of furan rings is 1. The minimum Gasteiger partial charge on any atom is -0.459 e. The van der Waals surface area contributed by atoms with Crippen LogP contribution in [0.3, 0.4) is 0 Å². The number of carbonyl (C=O) groups excluding carboxylic acids is 2. The van der Waals surface area contributed by atoms with Crippen LogP contribution in [0.4, 0.5) is 0 Å². The number of fused-ring (bicyclic) bond motifs is 2. The van der Waals surface area contributed by atoms with Crippen LogP contribution in [0.2, 0.25) is 0 Å². The highest BCUT2D eigenvalue weighted by atomic mass is 32.2. The average molecular weight is 358 g/mol. The summed E-state index contributed by atoms with van der Waals surface area (Å²) in [5, 5.41) is 1.03. The van der Waals surface area contributed by atoms with Gasteiger partial charge in [-0.2, -0.15) is 0 Å². The molecular weight excluding hydrogens is 336 g/mol. The van der Waals surface area contributed by atoms with Crippen molar-refractivity contribution >= 4 is 34.5 Å². The molecule has 2 fully saturated rings.